The molecule has 12 heteroatoms. The van der Waals surface area contributed by atoms with Gasteiger partial charge in [-0.2, -0.15) is 15.3 Å². The Morgan fingerprint density at radius 1 is 1.02 bits per heavy atom. The van der Waals surface area contributed by atoms with Gasteiger partial charge in [0.15, 0.2) is 12.2 Å². The van der Waals surface area contributed by atoms with Crippen molar-refractivity contribution in [2.24, 2.45) is 12.5 Å². The van der Waals surface area contributed by atoms with Crippen LogP contribution in [0.15, 0.2) is 91.5 Å². The average Bonchev–Trinajstić information content (AvgIpc) is 3.87. The summed E-state index contributed by atoms with van der Waals surface area (Å²) in [5, 5.41) is 32.0. The molecule has 3 N–H and O–H groups in total. The van der Waals surface area contributed by atoms with Crippen LogP contribution in [-0.2, 0) is 18.3 Å². The molecule has 1 spiro atoms. The van der Waals surface area contributed by atoms with E-state index < -0.39 is 6.35 Å². The van der Waals surface area contributed by atoms with Crippen LogP contribution in [0.2, 0.25) is 0 Å². The number of hydrogen-bond donors (Lipinski definition) is 3. The van der Waals surface area contributed by atoms with E-state index in [1.165, 1.54) is 0 Å². The summed E-state index contributed by atoms with van der Waals surface area (Å²) < 4.78 is 7.44. The highest BCUT2D eigenvalue weighted by Crippen LogP contribution is 2.40. The number of aryl methyl sites for hydroxylation is 1. The number of nitrogens with one attached hydrogen (secondary N) is 2. The zero-order valence-electron chi connectivity index (χ0n) is 26.1. The second kappa shape index (κ2) is 13.2. The summed E-state index contributed by atoms with van der Waals surface area (Å²) in [7, 11) is 1.88. The summed E-state index contributed by atoms with van der Waals surface area (Å²) in [4.78, 5) is 17.8. The van der Waals surface area contributed by atoms with Crippen LogP contribution in [0.1, 0.15) is 24.0 Å². The maximum absolute atomic E-state index is 11.4. The van der Waals surface area contributed by atoms with Gasteiger partial charge < -0.3 is 20.1 Å². The van der Waals surface area contributed by atoms with Crippen molar-refractivity contribution in [2.45, 2.75) is 25.7 Å². The molecule has 2 atom stereocenters. The molecule has 2 aliphatic heterocycles. The molecule has 2 fully saturated rings. The van der Waals surface area contributed by atoms with Gasteiger partial charge in [-0.05, 0) is 54.8 Å². The zero-order chi connectivity index (χ0) is 32.2. The fraction of sp³-hybridized carbons (Fsp3) is 0.286. The Morgan fingerprint density at radius 3 is 2.57 bits per heavy atom. The van der Waals surface area contributed by atoms with Crippen molar-refractivity contribution >= 4 is 29.0 Å². The smallest absolute Gasteiger partial charge is 0.229 e. The van der Waals surface area contributed by atoms with Crippen molar-refractivity contribution in [1.82, 2.24) is 30.0 Å². The number of anilines is 5. The average molecular weight is 629 g/mol. The molecular weight excluding hydrogens is 592 g/mol. The highest BCUT2D eigenvalue weighted by atomic mass is 16.5. The summed E-state index contributed by atoms with van der Waals surface area (Å²) >= 11 is 0. The molecule has 238 valence electrons. The third-order valence-corrected chi connectivity index (χ3v) is 8.82. The highest BCUT2D eigenvalue weighted by Gasteiger charge is 2.42. The van der Waals surface area contributed by atoms with Gasteiger partial charge >= 0.3 is 0 Å². The number of hydrogen-bond acceptors (Lipinski definition) is 11. The zero-order valence-corrected chi connectivity index (χ0v) is 26.1. The molecule has 0 saturated carbocycles. The predicted molar refractivity (Wildman–Crippen MR) is 179 cm³/mol. The Morgan fingerprint density at radius 2 is 1.87 bits per heavy atom. The molecule has 0 radical (unpaired) electrons. The van der Waals surface area contributed by atoms with Gasteiger partial charge in [0.2, 0.25) is 5.95 Å². The maximum Gasteiger partial charge on any atom is 0.229 e. The van der Waals surface area contributed by atoms with Crippen LogP contribution < -0.4 is 20.4 Å². The quantitative estimate of drug-likeness (QED) is 0.185. The van der Waals surface area contributed by atoms with Crippen molar-refractivity contribution in [3.8, 4) is 17.2 Å². The Kier molecular flexibility index (Phi) is 8.50. The lowest BCUT2D eigenvalue weighted by atomic mass is 9.87. The molecular formula is C35H36N10O2. The van der Waals surface area contributed by atoms with Crippen molar-refractivity contribution in [3.05, 3.63) is 103 Å². The van der Waals surface area contributed by atoms with Crippen molar-refractivity contribution in [1.29, 1.82) is 5.26 Å². The topological polar surface area (TPSA) is 140 Å². The van der Waals surface area contributed by atoms with Gasteiger partial charge in [0.05, 0.1) is 19.0 Å². The molecule has 7 rings (SSSR count). The van der Waals surface area contributed by atoms with E-state index in [1.807, 2.05) is 80.0 Å². The molecule has 0 aliphatic carbocycles. The SMILES string of the molecule is Cn1cc(-c2ccc(N(c3ccc(Nc4ncc(C#N)c(N5CCC6(CCOC6)C5)n4)cc3)C(O)NCc3ccccc3)nc2)cn1. The number of aromatic nitrogens is 5. The van der Waals surface area contributed by atoms with E-state index in [1.54, 1.807) is 28.2 Å². The second-order valence-corrected chi connectivity index (χ2v) is 12.1. The van der Waals surface area contributed by atoms with Gasteiger partial charge in [-0.3, -0.25) is 14.9 Å². The largest absolute Gasteiger partial charge is 0.381 e. The van der Waals surface area contributed by atoms with Gasteiger partial charge in [0, 0.05) is 73.6 Å². The van der Waals surface area contributed by atoms with Crippen molar-refractivity contribution < 1.29 is 9.84 Å². The lowest BCUT2D eigenvalue weighted by Crippen LogP contribution is -2.43. The molecule has 2 saturated heterocycles. The number of aliphatic hydroxyl groups excluding tert-OH is 1. The second-order valence-electron chi connectivity index (χ2n) is 12.1. The number of pyridine rings is 1. The number of aliphatic hydroxyl groups is 1. The van der Waals surface area contributed by atoms with Crippen LogP contribution in [0.4, 0.5) is 29.0 Å². The number of nitriles is 1. The number of nitrogens with zero attached hydrogens (tertiary/aromatic N) is 8. The highest BCUT2D eigenvalue weighted by molar-refractivity contribution is 5.68. The molecule has 2 aliphatic rings. The van der Waals surface area contributed by atoms with Crippen LogP contribution in [0, 0.1) is 16.7 Å². The van der Waals surface area contributed by atoms with Gasteiger partial charge in [0.25, 0.3) is 0 Å². The number of rotatable bonds is 10. The molecule has 5 heterocycles. The molecule has 0 bridgehead atoms. The Balaban J connectivity index is 1.11. The van der Waals surface area contributed by atoms with E-state index in [9.17, 15) is 10.4 Å². The van der Waals surface area contributed by atoms with Crippen LogP contribution in [-0.4, -0.2) is 62.5 Å². The first-order chi connectivity index (χ1) is 23.0. The first kappa shape index (κ1) is 30.3. The monoisotopic (exact) mass is 628 g/mol. The molecule has 5 aromatic rings. The first-order valence-electron chi connectivity index (χ1n) is 15.7. The number of benzene rings is 2. The summed E-state index contributed by atoms with van der Waals surface area (Å²) in [5.41, 5.74) is 5.02. The maximum atomic E-state index is 11.4. The van der Waals surface area contributed by atoms with Crippen LogP contribution >= 0.6 is 0 Å². The van der Waals surface area contributed by atoms with Crippen molar-refractivity contribution in [2.75, 3.05) is 41.4 Å². The standard InChI is InChI=1S/C35H36N10O2/c1-43-22-28(21-40-43)26-7-12-31(37-19-26)45(34(46)39-18-25-5-3-2-4-6-25)30-10-8-29(9-11-30)41-33-38-20-27(17-36)32(42-33)44-15-13-35(23-44)14-16-47-24-35/h2-12,19-22,34,39,46H,13-16,18,23-24H2,1H3,(H,38,41,42). The van der Waals surface area contributed by atoms with Crippen LogP contribution in [0.5, 0.6) is 0 Å². The lowest BCUT2D eigenvalue weighted by Gasteiger charge is -2.30. The molecule has 47 heavy (non-hydrogen) atoms. The minimum Gasteiger partial charge on any atom is -0.381 e. The van der Waals surface area contributed by atoms with E-state index in [2.05, 4.69) is 31.7 Å². The first-order valence-corrected chi connectivity index (χ1v) is 15.7. The van der Waals surface area contributed by atoms with E-state index in [4.69, 9.17) is 14.7 Å². The van der Waals surface area contributed by atoms with E-state index in [0.717, 1.165) is 67.2 Å². The number of ether oxygens (including phenoxy) is 1. The fourth-order valence-corrected chi connectivity index (χ4v) is 6.24. The molecule has 3 aromatic heterocycles. The van der Waals surface area contributed by atoms with Gasteiger partial charge in [-0.15, -0.1) is 0 Å². The summed E-state index contributed by atoms with van der Waals surface area (Å²) in [6.07, 6.45) is 8.07. The third kappa shape index (κ3) is 6.64. The summed E-state index contributed by atoms with van der Waals surface area (Å²) in [6, 6.07) is 23.6. The minimum atomic E-state index is -1.07. The molecule has 0 amide bonds. The van der Waals surface area contributed by atoms with E-state index in [0.29, 0.717) is 29.7 Å². The molecule has 2 unspecified atom stereocenters. The molecule has 12 nitrogen and oxygen atoms in total. The summed E-state index contributed by atoms with van der Waals surface area (Å²) in [6.45, 7) is 3.66. The fourth-order valence-electron chi connectivity index (χ4n) is 6.24. The normalized spacial score (nSPS) is 17.9. The predicted octanol–water partition coefficient (Wildman–Crippen LogP) is 4.71. The van der Waals surface area contributed by atoms with Crippen LogP contribution in [0.25, 0.3) is 11.1 Å². The van der Waals surface area contributed by atoms with E-state index >= 15 is 0 Å². The van der Waals surface area contributed by atoms with Crippen molar-refractivity contribution in [3.63, 3.8) is 0 Å². The van der Waals surface area contributed by atoms with Gasteiger partial charge in [-0.25, -0.2) is 9.97 Å². The third-order valence-electron chi connectivity index (χ3n) is 8.82. The summed E-state index contributed by atoms with van der Waals surface area (Å²) in [5.74, 6) is 1.62. The molecule has 2 aromatic carbocycles. The van der Waals surface area contributed by atoms with E-state index in [-0.39, 0.29) is 5.41 Å². The van der Waals surface area contributed by atoms with Gasteiger partial charge in [0.1, 0.15) is 17.5 Å². The Labute approximate surface area is 273 Å². The Bertz CT molecular complexity index is 1850. The van der Waals surface area contributed by atoms with Crippen LogP contribution in [0.3, 0.4) is 0 Å². The lowest BCUT2D eigenvalue weighted by molar-refractivity contribution is 0.141. The minimum absolute atomic E-state index is 0.140. The Hall–Kier alpha value is -5.35. The van der Waals surface area contributed by atoms with Gasteiger partial charge in [-0.1, -0.05) is 30.3 Å².